The van der Waals surface area contributed by atoms with E-state index in [1.54, 1.807) is 0 Å². The molecule has 0 unspecified atom stereocenters. The van der Waals surface area contributed by atoms with E-state index in [1.807, 2.05) is 0 Å². The zero-order valence-electron chi connectivity index (χ0n) is 11.0. The number of piperazine rings is 1. The van der Waals surface area contributed by atoms with Crippen LogP contribution in [-0.4, -0.2) is 43.0 Å². The van der Waals surface area contributed by atoms with E-state index in [0.717, 1.165) is 32.5 Å². The second-order valence-electron chi connectivity index (χ2n) is 4.82. The van der Waals surface area contributed by atoms with Crippen molar-refractivity contribution in [2.24, 2.45) is 0 Å². The lowest BCUT2D eigenvalue weighted by Crippen LogP contribution is -2.52. The summed E-state index contributed by atoms with van der Waals surface area (Å²) in [5.74, 6) is 0.0655. The van der Waals surface area contributed by atoms with E-state index in [2.05, 4.69) is 102 Å². The summed E-state index contributed by atoms with van der Waals surface area (Å²) in [6.07, 6.45) is 0. The highest BCUT2D eigenvalue weighted by atomic mass is 127. The zero-order chi connectivity index (χ0) is 14.7. The molecule has 0 bridgehead atoms. The van der Waals surface area contributed by atoms with Crippen LogP contribution in [0.5, 0.6) is 0 Å². The van der Waals surface area contributed by atoms with Gasteiger partial charge >= 0.3 is 0 Å². The quantitative estimate of drug-likeness (QED) is 0.518. The lowest BCUT2D eigenvalue weighted by Gasteiger charge is -2.33. The molecule has 1 aliphatic rings. The van der Waals surface area contributed by atoms with Crippen LogP contribution in [-0.2, 0) is 4.79 Å². The average Bonchev–Trinajstić information content (AvgIpc) is 2.36. The Morgan fingerprint density at radius 1 is 1.40 bits per heavy atom. The molecule has 0 aliphatic carbocycles. The minimum atomic E-state index is 0.0655. The first-order valence-electron chi connectivity index (χ1n) is 6.36. The predicted molar refractivity (Wildman–Crippen MR) is 107 cm³/mol. The summed E-state index contributed by atoms with van der Waals surface area (Å²) in [7, 11) is 0. The first kappa shape index (κ1) is 17.2. The highest BCUT2D eigenvalue weighted by Crippen LogP contribution is 2.27. The minimum absolute atomic E-state index is 0.0655. The van der Waals surface area contributed by atoms with Gasteiger partial charge in [-0.3, -0.25) is 9.69 Å². The Labute approximate surface area is 160 Å². The van der Waals surface area contributed by atoms with E-state index in [9.17, 15) is 4.79 Å². The molecule has 1 aromatic carbocycles. The van der Waals surface area contributed by atoms with Gasteiger partial charge in [0.15, 0.2) is 0 Å². The number of hydrogen-bond acceptors (Lipinski definition) is 3. The third kappa shape index (κ3) is 4.65. The average molecular weight is 611 g/mol. The van der Waals surface area contributed by atoms with Gasteiger partial charge in [0, 0.05) is 36.4 Å². The fourth-order valence-corrected chi connectivity index (χ4v) is 6.00. The Morgan fingerprint density at radius 2 is 2.05 bits per heavy atom. The molecule has 2 rings (SSSR count). The van der Waals surface area contributed by atoms with Crippen molar-refractivity contribution in [2.75, 3.05) is 31.5 Å². The van der Waals surface area contributed by atoms with Gasteiger partial charge in [-0.05, 0) is 86.8 Å². The van der Waals surface area contributed by atoms with Crippen LogP contribution in [0.4, 0.5) is 5.69 Å². The molecule has 1 atom stereocenters. The van der Waals surface area contributed by atoms with E-state index in [-0.39, 0.29) is 5.91 Å². The number of nitrogens with zero attached hydrogens (tertiary/aromatic N) is 1. The lowest BCUT2D eigenvalue weighted by molar-refractivity contribution is -0.118. The van der Waals surface area contributed by atoms with Gasteiger partial charge in [-0.15, -0.1) is 0 Å². The van der Waals surface area contributed by atoms with Crippen molar-refractivity contribution in [1.29, 1.82) is 0 Å². The van der Waals surface area contributed by atoms with E-state index in [4.69, 9.17) is 0 Å². The number of nitrogens with one attached hydrogen (secondary N) is 2. The molecule has 1 aromatic rings. The number of anilines is 1. The summed E-state index contributed by atoms with van der Waals surface area (Å²) in [6.45, 7) is 5.44. The summed E-state index contributed by atoms with van der Waals surface area (Å²) in [4.78, 5) is 14.5. The molecule has 110 valence electrons. The Kier molecular flexibility index (Phi) is 6.76. The maximum Gasteiger partial charge on any atom is 0.238 e. The van der Waals surface area contributed by atoms with Crippen molar-refractivity contribution in [3.63, 3.8) is 0 Å². The maximum absolute atomic E-state index is 12.2. The molecular formula is C13H16I3N3O. The van der Waals surface area contributed by atoms with Gasteiger partial charge in [-0.1, -0.05) is 0 Å². The molecule has 1 saturated heterocycles. The highest BCUT2D eigenvalue weighted by Gasteiger charge is 2.21. The van der Waals surface area contributed by atoms with Gasteiger partial charge in [-0.25, -0.2) is 0 Å². The number of carbonyl (C=O) groups excluding carboxylic acids is 1. The predicted octanol–water partition coefficient (Wildman–Crippen LogP) is 2.73. The molecule has 1 fully saturated rings. The number of carbonyl (C=O) groups is 1. The molecule has 0 aromatic heterocycles. The first-order valence-corrected chi connectivity index (χ1v) is 9.60. The van der Waals surface area contributed by atoms with E-state index < -0.39 is 0 Å². The zero-order valence-corrected chi connectivity index (χ0v) is 17.5. The van der Waals surface area contributed by atoms with Crippen molar-refractivity contribution in [2.45, 2.75) is 13.0 Å². The number of amides is 1. The molecule has 1 heterocycles. The molecule has 4 nitrogen and oxygen atoms in total. The number of halogens is 3. The van der Waals surface area contributed by atoms with Gasteiger partial charge in [0.25, 0.3) is 0 Å². The summed E-state index contributed by atoms with van der Waals surface area (Å²) < 4.78 is 3.35. The second kappa shape index (κ2) is 7.88. The van der Waals surface area contributed by atoms with Crippen molar-refractivity contribution >= 4 is 79.4 Å². The minimum Gasteiger partial charge on any atom is -0.323 e. The van der Waals surface area contributed by atoms with Crippen molar-refractivity contribution < 1.29 is 4.79 Å². The van der Waals surface area contributed by atoms with E-state index in [1.165, 1.54) is 3.57 Å². The molecule has 7 heteroatoms. The first-order chi connectivity index (χ1) is 9.47. The Hall–Kier alpha value is 0.800. The smallest absolute Gasteiger partial charge is 0.238 e. The fraction of sp³-hybridized carbons (Fsp3) is 0.462. The molecule has 1 aliphatic heterocycles. The number of rotatable bonds is 3. The van der Waals surface area contributed by atoms with Crippen molar-refractivity contribution in [1.82, 2.24) is 10.2 Å². The number of hydrogen-bond donors (Lipinski definition) is 2. The third-order valence-corrected chi connectivity index (χ3v) is 5.58. The van der Waals surface area contributed by atoms with Crippen molar-refractivity contribution in [3.05, 3.63) is 22.8 Å². The summed E-state index contributed by atoms with van der Waals surface area (Å²) >= 11 is 6.84. The standard InChI is InChI=1S/C13H16I3N3O/c1-8-6-17-2-3-19(8)7-12(20)18-13-10(15)4-9(14)5-11(13)16/h4-5,8,17H,2-3,6-7H2,1H3,(H,18,20)/t8-/m1/s1. The van der Waals surface area contributed by atoms with E-state index >= 15 is 0 Å². The van der Waals surface area contributed by atoms with Crippen LogP contribution in [0.1, 0.15) is 6.92 Å². The largest absolute Gasteiger partial charge is 0.323 e. The normalized spacial score (nSPS) is 19.9. The highest BCUT2D eigenvalue weighted by molar-refractivity contribution is 14.1. The fourth-order valence-electron chi connectivity index (χ4n) is 2.14. The van der Waals surface area contributed by atoms with Gasteiger partial charge in [-0.2, -0.15) is 0 Å². The van der Waals surface area contributed by atoms with Crippen LogP contribution in [0.15, 0.2) is 12.1 Å². The molecule has 0 spiro atoms. The van der Waals surface area contributed by atoms with Gasteiger partial charge in [0.05, 0.1) is 12.2 Å². The monoisotopic (exact) mass is 611 g/mol. The summed E-state index contributed by atoms with van der Waals surface area (Å²) in [6, 6.07) is 4.56. The van der Waals surface area contributed by atoms with Crippen LogP contribution in [0.25, 0.3) is 0 Å². The summed E-state index contributed by atoms with van der Waals surface area (Å²) in [5.41, 5.74) is 0.930. The Morgan fingerprint density at radius 3 is 2.65 bits per heavy atom. The molecule has 1 amide bonds. The SMILES string of the molecule is C[C@@H]1CNCCN1CC(=O)Nc1c(I)cc(I)cc1I. The van der Waals surface area contributed by atoms with Crippen LogP contribution in [0.2, 0.25) is 0 Å². The lowest BCUT2D eigenvalue weighted by atomic mass is 10.2. The van der Waals surface area contributed by atoms with Gasteiger partial charge in [0.2, 0.25) is 5.91 Å². The van der Waals surface area contributed by atoms with Gasteiger partial charge in [0.1, 0.15) is 0 Å². The van der Waals surface area contributed by atoms with Crippen LogP contribution in [0.3, 0.4) is 0 Å². The Bertz CT molecular complexity index is 487. The van der Waals surface area contributed by atoms with Crippen LogP contribution in [0, 0.1) is 10.7 Å². The number of benzene rings is 1. The Balaban J connectivity index is 2.01. The molecule has 2 N–H and O–H groups in total. The molecule has 0 radical (unpaired) electrons. The van der Waals surface area contributed by atoms with Crippen molar-refractivity contribution in [3.8, 4) is 0 Å². The van der Waals surface area contributed by atoms with E-state index in [0.29, 0.717) is 12.6 Å². The third-order valence-electron chi connectivity index (χ3n) is 3.26. The maximum atomic E-state index is 12.2. The summed E-state index contributed by atoms with van der Waals surface area (Å²) in [5, 5.41) is 6.39. The molecular weight excluding hydrogens is 595 g/mol. The van der Waals surface area contributed by atoms with Gasteiger partial charge < -0.3 is 10.6 Å². The molecule has 0 saturated carbocycles. The molecule has 20 heavy (non-hydrogen) atoms. The van der Waals surface area contributed by atoms with Crippen LogP contribution < -0.4 is 10.6 Å². The topological polar surface area (TPSA) is 44.4 Å². The van der Waals surface area contributed by atoms with Crippen LogP contribution >= 0.6 is 67.8 Å². The second-order valence-corrected chi connectivity index (χ2v) is 8.39.